The van der Waals surface area contributed by atoms with Crippen molar-refractivity contribution in [1.29, 1.82) is 0 Å². The monoisotopic (exact) mass is 217 g/mol. The molecule has 0 atom stereocenters. The summed E-state index contributed by atoms with van der Waals surface area (Å²) in [6.45, 7) is -1.98. The number of halogens is 2. The summed E-state index contributed by atoms with van der Waals surface area (Å²) in [5.41, 5.74) is 0. The van der Waals surface area contributed by atoms with E-state index in [9.17, 15) is 17.2 Å². The summed E-state index contributed by atoms with van der Waals surface area (Å²) in [6, 6.07) is 0. The van der Waals surface area contributed by atoms with Crippen molar-refractivity contribution in [3.05, 3.63) is 0 Å². The van der Waals surface area contributed by atoms with E-state index in [1.807, 2.05) is 0 Å². The molecule has 0 spiro atoms. The minimum atomic E-state index is -3.18. The molecule has 80 valence electrons. The van der Waals surface area contributed by atoms with Crippen LogP contribution < -0.4 is 5.32 Å². The van der Waals surface area contributed by atoms with Gasteiger partial charge in [0.1, 0.15) is 16.4 Å². The van der Waals surface area contributed by atoms with E-state index in [1.54, 1.807) is 0 Å². The highest BCUT2D eigenvalue weighted by atomic mass is 32.2. The van der Waals surface area contributed by atoms with Gasteiger partial charge in [0.05, 0.1) is 12.3 Å². The van der Waals surface area contributed by atoms with Crippen LogP contribution in [0, 0.1) is 0 Å². The standard InChI is InChI=1S/C6H13F2NO3S/c1-13(11,12)3-2-9-4-6(7,8)5-10/h9-10H,2-5H2,1H3. The number of hydrogen-bond donors (Lipinski definition) is 2. The van der Waals surface area contributed by atoms with Crippen LogP contribution in [0.2, 0.25) is 0 Å². The summed E-state index contributed by atoms with van der Waals surface area (Å²) in [4.78, 5) is 0. The van der Waals surface area contributed by atoms with Crippen LogP contribution in [-0.2, 0) is 9.84 Å². The van der Waals surface area contributed by atoms with Gasteiger partial charge in [-0.2, -0.15) is 0 Å². The molecule has 0 aliphatic carbocycles. The van der Waals surface area contributed by atoms with E-state index in [4.69, 9.17) is 5.11 Å². The quantitative estimate of drug-likeness (QED) is 0.574. The first-order valence-electron chi connectivity index (χ1n) is 3.64. The molecule has 0 bridgehead atoms. The third-order valence-electron chi connectivity index (χ3n) is 1.26. The van der Waals surface area contributed by atoms with Crippen molar-refractivity contribution < 1.29 is 22.3 Å². The molecule has 0 aliphatic rings. The first-order valence-corrected chi connectivity index (χ1v) is 5.70. The summed E-state index contributed by atoms with van der Waals surface area (Å²) < 4.78 is 45.7. The second kappa shape index (κ2) is 4.83. The number of sulfone groups is 1. The molecule has 0 saturated heterocycles. The van der Waals surface area contributed by atoms with Crippen molar-refractivity contribution in [2.45, 2.75) is 5.92 Å². The molecule has 0 rings (SSSR count). The molecule has 4 nitrogen and oxygen atoms in total. The molecule has 0 radical (unpaired) electrons. The molecule has 2 N–H and O–H groups in total. The van der Waals surface area contributed by atoms with Gasteiger partial charge in [-0.15, -0.1) is 0 Å². The Balaban J connectivity index is 3.58. The molecule has 0 heterocycles. The number of alkyl halides is 2. The minimum Gasteiger partial charge on any atom is -0.390 e. The molecule has 0 fully saturated rings. The summed E-state index contributed by atoms with van der Waals surface area (Å²) in [5.74, 6) is -3.37. The third kappa shape index (κ3) is 8.07. The SMILES string of the molecule is CS(=O)(=O)CCNCC(F)(F)CO. The first-order chi connectivity index (χ1) is 5.77. The van der Waals surface area contributed by atoms with Crippen LogP contribution in [0.3, 0.4) is 0 Å². The fourth-order valence-electron chi connectivity index (χ4n) is 0.585. The Bertz CT molecular complexity index is 240. The van der Waals surface area contributed by atoms with E-state index < -0.39 is 28.9 Å². The number of hydrogen-bond acceptors (Lipinski definition) is 4. The van der Waals surface area contributed by atoms with Gasteiger partial charge in [-0.05, 0) is 0 Å². The Kier molecular flexibility index (Phi) is 4.72. The summed E-state index contributed by atoms with van der Waals surface area (Å²) in [7, 11) is -3.12. The van der Waals surface area contributed by atoms with E-state index in [0.29, 0.717) is 0 Å². The summed E-state index contributed by atoms with van der Waals surface area (Å²) in [6.07, 6.45) is 1.03. The van der Waals surface area contributed by atoms with Crippen molar-refractivity contribution >= 4 is 9.84 Å². The van der Waals surface area contributed by atoms with Crippen molar-refractivity contribution in [3.63, 3.8) is 0 Å². The van der Waals surface area contributed by atoms with E-state index >= 15 is 0 Å². The van der Waals surface area contributed by atoms with Crippen molar-refractivity contribution in [1.82, 2.24) is 5.32 Å². The molecule has 0 aromatic rings. The number of rotatable bonds is 6. The molecule has 0 aliphatic heterocycles. The fourth-order valence-corrected chi connectivity index (χ4v) is 1.10. The second-order valence-electron chi connectivity index (χ2n) is 2.82. The van der Waals surface area contributed by atoms with Crippen LogP contribution in [-0.4, -0.2) is 51.2 Å². The van der Waals surface area contributed by atoms with Gasteiger partial charge in [0.25, 0.3) is 5.92 Å². The van der Waals surface area contributed by atoms with Gasteiger partial charge >= 0.3 is 0 Å². The molecule has 0 saturated carbocycles. The van der Waals surface area contributed by atoms with E-state index in [-0.39, 0.29) is 12.3 Å². The van der Waals surface area contributed by atoms with Gasteiger partial charge in [-0.3, -0.25) is 0 Å². The van der Waals surface area contributed by atoms with Crippen LogP contribution >= 0.6 is 0 Å². The van der Waals surface area contributed by atoms with Crippen LogP contribution in [0.5, 0.6) is 0 Å². The molecule has 0 aromatic heterocycles. The fraction of sp³-hybridized carbons (Fsp3) is 1.00. The number of nitrogens with one attached hydrogen (secondary N) is 1. The maximum absolute atomic E-state index is 12.3. The predicted molar refractivity (Wildman–Crippen MR) is 44.6 cm³/mol. The molecular formula is C6H13F2NO3S. The van der Waals surface area contributed by atoms with Crippen molar-refractivity contribution in [3.8, 4) is 0 Å². The molecular weight excluding hydrogens is 204 g/mol. The summed E-state index contributed by atoms with van der Waals surface area (Å²) in [5, 5.41) is 10.4. The molecule has 0 unspecified atom stereocenters. The Labute approximate surface area is 75.9 Å². The zero-order valence-electron chi connectivity index (χ0n) is 7.26. The van der Waals surface area contributed by atoms with Crippen LogP contribution in [0.4, 0.5) is 8.78 Å². The zero-order valence-corrected chi connectivity index (χ0v) is 8.07. The lowest BCUT2D eigenvalue weighted by Gasteiger charge is -2.13. The van der Waals surface area contributed by atoms with Crippen LogP contribution in [0.1, 0.15) is 0 Å². The van der Waals surface area contributed by atoms with Crippen LogP contribution in [0.25, 0.3) is 0 Å². The Morgan fingerprint density at radius 2 is 2.00 bits per heavy atom. The van der Waals surface area contributed by atoms with Crippen molar-refractivity contribution in [2.24, 2.45) is 0 Å². The zero-order chi connectivity index (χ0) is 10.5. The molecule has 0 amide bonds. The average Bonchev–Trinajstić information content (AvgIpc) is 1.97. The van der Waals surface area contributed by atoms with E-state index in [2.05, 4.69) is 5.32 Å². The topological polar surface area (TPSA) is 66.4 Å². The Hall–Kier alpha value is -0.270. The number of aliphatic hydroxyl groups is 1. The second-order valence-corrected chi connectivity index (χ2v) is 5.08. The maximum Gasteiger partial charge on any atom is 0.282 e. The largest absolute Gasteiger partial charge is 0.390 e. The van der Waals surface area contributed by atoms with Gasteiger partial charge in [0.2, 0.25) is 0 Å². The summed E-state index contributed by atoms with van der Waals surface area (Å²) >= 11 is 0. The van der Waals surface area contributed by atoms with E-state index in [1.165, 1.54) is 0 Å². The van der Waals surface area contributed by atoms with E-state index in [0.717, 1.165) is 6.26 Å². The maximum atomic E-state index is 12.3. The average molecular weight is 217 g/mol. The van der Waals surface area contributed by atoms with Gasteiger partial charge in [0.15, 0.2) is 0 Å². The highest BCUT2D eigenvalue weighted by Gasteiger charge is 2.26. The lowest BCUT2D eigenvalue weighted by molar-refractivity contribution is -0.0471. The molecule has 7 heteroatoms. The lowest BCUT2D eigenvalue weighted by Crippen LogP contribution is -2.37. The predicted octanol–water partition coefficient (Wildman–Crippen LogP) is -0.752. The normalized spacial score (nSPS) is 13.2. The lowest BCUT2D eigenvalue weighted by atomic mass is 10.3. The smallest absolute Gasteiger partial charge is 0.282 e. The van der Waals surface area contributed by atoms with Gasteiger partial charge in [0, 0.05) is 12.8 Å². The van der Waals surface area contributed by atoms with Gasteiger partial charge in [-0.25, -0.2) is 17.2 Å². The van der Waals surface area contributed by atoms with Crippen LogP contribution in [0.15, 0.2) is 0 Å². The van der Waals surface area contributed by atoms with Gasteiger partial charge < -0.3 is 10.4 Å². The molecule has 0 aromatic carbocycles. The molecule has 13 heavy (non-hydrogen) atoms. The third-order valence-corrected chi connectivity index (χ3v) is 2.21. The highest BCUT2D eigenvalue weighted by Crippen LogP contribution is 2.09. The van der Waals surface area contributed by atoms with Crippen molar-refractivity contribution in [2.75, 3.05) is 31.7 Å². The Morgan fingerprint density at radius 1 is 1.46 bits per heavy atom. The first kappa shape index (κ1) is 12.7. The minimum absolute atomic E-state index is 0.0333. The highest BCUT2D eigenvalue weighted by molar-refractivity contribution is 7.90. The number of aliphatic hydroxyl groups excluding tert-OH is 1. The van der Waals surface area contributed by atoms with Gasteiger partial charge in [-0.1, -0.05) is 0 Å². The Morgan fingerprint density at radius 3 is 2.38 bits per heavy atom.